The highest BCUT2D eigenvalue weighted by atomic mass is 16.5. The lowest BCUT2D eigenvalue weighted by Gasteiger charge is -2.21. The molecule has 1 aromatic heterocycles. The first kappa shape index (κ1) is 16.6. The number of hydrogen-bond acceptors (Lipinski definition) is 5. The summed E-state index contributed by atoms with van der Waals surface area (Å²) < 4.78 is 4.95. The minimum absolute atomic E-state index is 0.143. The highest BCUT2D eigenvalue weighted by molar-refractivity contribution is 5.78. The van der Waals surface area contributed by atoms with Gasteiger partial charge in [-0.05, 0) is 24.4 Å². The van der Waals surface area contributed by atoms with E-state index in [1.807, 2.05) is 13.1 Å². The van der Waals surface area contributed by atoms with Gasteiger partial charge in [0.05, 0.1) is 6.54 Å². The number of likely N-dealkylation sites (tertiary alicyclic amines) is 1. The maximum absolute atomic E-state index is 12.4. The molecule has 0 radical (unpaired) electrons. The molecule has 1 aliphatic heterocycles. The van der Waals surface area contributed by atoms with Crippen molar-refractivity contribution in [2.75, 3.05) is 33.2 Å². The van der Waals surface area contributed by atoms with Crippen LogP contribution in [0, 0.1) is 6.92 Å². The van der Waals surface area contributed by atoms with Crippen LogP contribution in [-0.2, 0) is 11.2 Å². The Morgan fingerprint density at radius 1 is 1.38 bits per heavy atom. The highest BCUT2D eigenvalue weighted by Gasteiger charge is 2.26. The monoisotopic (exact) mass is 328 g/mol. The van der Waals surface area contributed by atoms with Crippen molar-refractivity contribution in [2.45, 2.75) is 25.7 Å². The normalized spacial score (nSPS) is 18.0. The smallest absolute Gasteiger partial charge is 0.236 e. The van der Waals surface area contributed by atoms with Crippen molar-refractivity contribution in [1.82, 2.24) is 19.9 Å². The van der Waals surface area contributed by atoms with Crippen LogP contribution in [0.2, 0.25) is 0 Å². The van der Waals surface area contributed by atoms with Crippen LogP contribution in [0.25, 0.3) is 0 Å². The molecule has 1 aliphatic rings. The molecule has 6 nitrogen and oxygen atoms in total. The summed E-state index contributed by atoms with van der Waals surface area (Å²) in [6.07, 6.45) is 1.73. The second-order valence-electron chi connectivity index (χ2n) is 6.43. The van der Waals surface area contributed by atoms with E-state index in [0.717, 1.165) is 19.5 Å². The zero-order chi connectivity index (χ0) is 16.9. The quantitative estimate of drug-likeness (QED) is 0.810. The van der Waals surface area contributed by atoms with Crippen molar-refractivity contribution in [2.24, 2.45) is 0 Å². The van der Waals surface area contributed by atoms with Gasteiger partial charge in [-0.25, -0.2) is 0 Å². The largest absolute Gasteiger partial charge is 0.344 e. The number of likely N-dealkylation sites (N-methyl/N-ethyl adjacent to an activating group) is 1. The third-order valence-electron chi connectivity index (χ3n) is 4.57. The number of benzene rings is 1. The zero-order valence-electron chi connectivity index (χ0n) is 14.3. The SMILES string of the molecule is Cc1nc(CCN(C)C(=O)CN2CCC(c3ccccc3)C2)no1. The van der Waals surface area contributed by atoms with Gasteiger partial charge < -0.3 is 9.42 Å². The minimum Gasteiger partial charge on any atom is -0.344 e. The van der Waals surface area contributed by atoms with E-state index < -0.39 is 0 Å². The van der Waals surface area contributed by atoms with Gasteiger partial charge in [0, 0.05) is 33.5 Å². The van der Waals surface area contributed by atoms with Gasteiger partial charge in [0.15, 0.2) is 5.82 Å². The van der Waals surface area contributed by atoms with Gasteiger partial charge in [-0.1, -0.05) is 35.5 Å². The fourth-order valence-corrected chi connectivity index (χ4v) is 3.12. The average Bonchev–Trinajstić information content (AvgIpc) is 3.22. The molecular formula is C18H24N4O2. The summed E-state index contributed by atoms with van der Waals surface area (Å²) >= 11 is 0. The van der Waals surface area contributed by atoms with E-state index >= 15 is 0 Å². The maximum atomic E-state index is 12.4. The van der Waals surface area contributed by atoms with Crippen LogP contribution >= 0.6 is 0 Å². The molecule has 0 bridgehead atoms. The third kappa shape index (κ3) is 4.20. The Hall–Kier alpha value is -2.21. The number of aromatic nitrogens is 2. The molecule has 1 aromatic carbocycles. The molecule has 3 rings (SSSR count). The van der Waals surface area contributed by atoms with Crippen molar-refractivity contribution in [1.29, 1.82) is 0 Å². The fourth-order valence-electron chi connectivity index (χ4n) is 3.12. The second kappa shape index (κ2) is 7.57. The number of aryl methyl sites for hydroxylation is 1. The third-order valence-corrected chi connectivity index (χ3v) is 4.57. The highest BCUT2D eigenvalue weighted by Crippen LogP contribution is 2.26. The predicted molar refractivity (Wildman–Crippen MR) is 90.6 cm³/mol. The number of hydrogen-bond donors (Lipinski definition) is 0. The Balaban J connectivity index is 1.45. The molecule has 0 spiro atoms. The molecule has 1 saturated heterocycles. The Morgan fingerprint density at radius 3 is 2.88 bits per heavy atom. The van der Waals surface area contributed by atoms with Crippen molar-refractivity contribution in [3.05, 3.63) is 47.6 Å². The van der Waals surface area contributed by atoms with Crippen LogP contribution in [0.5, 0.6) is 0 Å². The molecule has 128 valence electrons. The van der Waals surface area contributed by atoms with E-state index in [0.29, 0.717) is 37.1 Å². The molecule has 6 heteroatoms. The summed E-state index contributed by atoms with van der Waals surface area (Å²) in [6, 6.07) is 10.6. The summed E-state index contributed by atoms with van der Waals surface area (Å²) in [4.78, 5) is 20.5. The van der Waals surface area contributed by atoms with Gasteiger partial charge >= 0.3 is 0 Å². The van der Waals surface area contributed by atoms with Crippen LogP contribution in [0.3, 0.4) is 0 Å². The number of rotatable bonds is 6. The van der Waals surface area contributed by atoms with Gasteiger partial charge in [0.25, 0.3) is 0 Å². The van der Waals surface area contributed by atoms with Crippen molar-refractivity contribution in [3.8, 4) is 0 Å². The lowest BCUT2D eigenvalue weighted by atomic mass is 9.99. The van der Waals surface area contributed by atoms with E-state index in [-0.39, 0.29) is 5.91 Å². The molecule has 1 unspecified atom stereocenters. The van der Waals surface area contributed by atoms with Gasteiger partial charge in [0.2, 0.25) is 11.8 Å². The zero-order valence-corrected chi connectivity index (χ0v) is 14.3. The molecule has 1 amide bonds. The Morgan fingerprint density at radius 2 is 2.17 bits per heavy atom. The van der Waals surface area contributed by atoms with E-state index in [2.05, 4.69) is 39.3 Å². The predicted octanol–water partition coefficient (Wildman–Crippen LogP) is 1.87. The van der Waals surface area contributed by atoms with Gasteiger partial charge in [0.1, 0.15) is 0 Å². The molecule has 1 atom stereocenters. The van der Waals surface area contributed by atoms with Crippen LogP contribution < -0.4 is 0 Å². The summed E-state index contributed by atoms with van der Waals surface area (Å²) in [5, 5.41) is 3.86. The van der Waals surface area contributed by atoms with Crippen LogP contribution in [0.4, 0.5) is 0 Å². The van der Waals surface area contributed by atoms with Crippen LogP contribution in [-0.4, -0.2) is 59.1 Å². The van der Waals surface area contributed by atoms with Gasteiger partial charge in [-0.15, -0.1) is 0 Å². The Bertz CT molecular complexity index is 671. The van der Waals surface area contributed by atoms with E-state index in [4.69, 9.17) is 4.52 Å². The van der Waals surface area contributed by atoms with Gasteiger partial charge in [-0.2, -0.15) is 4.98 Å². The van der Waals surface area contributed by atoms with Crippen LogP contribution in [0.15, 0.2) is 34.9 Å². The molecule has 24 heavy (non-hydrogen) atoms. The average molecular weight is 328 g/mol. The topological polar surface area (TPSA) is 62.5 Å². The number of amides is 1. The van der Waals surface area contributed by atoms with Gasteiger partial charge in [-0.3, -0.25) is 9.69 Å². The summed E-state index contributed by atoms with van der Waals surface area (Å²) in [7, 11) is 1.83. The van der Waals surface area contributed by atoms with E-state index in [9.17, 15) is 4.79 Å². The summed E-state index contributed by atoms with van der Waals surface area (Å²) in [5.41, 5.74) is 1.37. The molecule has 2 heterocycles. The second-order valence-corrected chi connectivity index (χ2v) is 6.43. The first-order valence-electron chi connectivity index (χ1n) is 8.42. The number of carbonyl (C=O) groups is 1. The van der Waals surface area contributed by atoms with Crippen molar-refractivity contribution >= 4 is 5.91 Å². The Kier molecular flexibility index (Phi) is 5.25. The van der Waals surface area contributed by atoms with Crippen molar-refractivity contribution in [3.63, 3.8) is 0 Å². The number of carbonyl (C=O) groups excluding carboxylic acids is 1. The minimum atomic E-state index is 0.143. The van der Waals surface area contributed by atoms with E-state index in [1.165, 1.54) is 5.56 Å². The number of nitrogens with zero attached hydrogens (tertiary/aromatic N) is 4. The maximum Gasteiger partial charge on any atom is 0.236 e. The first-order valence-corrected chi connectivity index (χ1v) is 8.42. The molecule has 0 aliphatic carbocycles. The molecule has 1 fully saturated rings. The van der Waals surface area contributed by atoms with Crippen LogP contribution in [0.1, 0.15) is 29.6 Å². The Labute approximate surface area is 142 Å². The summed E-state index contributed by atoms with van der Waals surface area (Å²) in [6.45, 7) is 4.78. The summed E-state index contributed by atoms with van der Waals surface area (Å²) in [5.74, 6) is 1.89. The van der Waals surface area contributed by atoms with E-state index in [1.54, 1.807) is 11.8 Å². The lowest BCUT2D eigenvalue weighted by Crippen LogP contribution is -2.38. The fraction of sp³-hybridized carbons (Fsp3) is 0.500. The molecule has 0 N–H and O–H groups in total. The van der Waals surface area contributed by atoms with Crippen molar-refractivity contribution < 1.29 is 9.32 Å². The standard InChI is InChI=1S/C18H24N4O2/c1-14-19-17(20-24-14)9-10-21(2)18(23)13-22-11-8-16(12-22)15-6-4-3-5-7-15/h3-7,16H,8-13H2,1-2H3. The first-order chi connectivity index (χ1) is 11.6. The molecule has 0 saturated carbocycles. The lowest BCUT2D eigenvalue weighted by molar-refractivity contribution is -0.130. The molecular weight excluding hydrogens is 304 g/mol. The molecule has 2 aromatic rings.